The molecule has 0 aliphatic carbocycles. The second-order valence-electron chi connectivity index (χ2n) is 7.22. The van der Waals surface area contributed by atoms with E-state index in [4.69, 9.17) is 14.2 Å². The quantitative estimate of drug-likeness (QED) is 0.719. The van der Waals surface area contributed by atoms with Crippen molar-refractivity contribution in [1.29, 1.82) is 0 Å². The number of ether oxygens (including phenoxy) is 3. The molecule has 1 N–H and O–H groups in total. The summed E-state index contributed by atoms with van der Waals surface area (Å²) in [5.41, 5.74) is 6.08. The van der Waals surface area contributed by atoms with Crippen LogP contribution in [0.2, 0.25) is 0 Å². The van der Waals surface area contributed by atoms with Crippen LogP contribution in [0.3, 0.4) is 0 Å². The van der Waals surface area contributed by atoms with Gasteiger partial charge in [-0.1, -0.05) is 18.2 Å². The molecule has 3 aliphatic rings. The molecular formula is C23H18N2O4. The van der Waals surface area contributed by atoms with Crippen molar-refractivity contribution in [2.75, 3.05) is 24.7 Å². The molecule has 6 heteroatoms. The van der Waals surface area contributed by atoms with E-state index in [1.54, 1.807) is 6.07 Å². The van der Waals surface area contributed by atoms with Crippen molar-refractivity contribution in [2.24, 2.45) is 0 Å². The molecule has 2 aromatic carbocycles. The van der Waals surface area contributed by atoms with Gasteiger partial charge >= 0.3 is 0 Å². The minimum atomic E-state index is 0.158. The van der Waals surface area contributed by atoms with Crippen LogP contribution in [0, 0.1) is 0 Å². The molecule has 144 valence electrons. The molecule has 6 nitrogen and oxygen atoms in total. The van der Waals surface area contributed by atoms with Gasteiger partial charge in [-0.25, -0.2) is 0 Å². The summed E-state index contributed by atoms with van der Waals surface area (Å²) in [7, 11) is 0. The molecule has 6 rings (SSSR count). The molecule has 3 aromatic rings. The molecule has 29 heavy (non-hydrogen) atoms. The van der Waals surface area contributed by atoms with Crippen molar-refractivity contribution in [1.82, 2.24) is 4.98 Å². The van der Waals surface area contributed by atoms with E-state index >= 15 is 0 Å². The first-order valence-electron chi connectivity index (χ1n) is 9.59. The van der Waals surface area contributed by atoms with E-state index in [1.165, 1.54) is 6.20 Å². The lowest BCUT2D eigenvalue weighted by molar-refractivity contribution is 0.170. The topological polar surface area (TPSA) is 64.1 Å². The van der Waals surface area contributed by atoms with E-state index in [-0.39, 0.29) is 5.75 Å². The van der Waals surface area contributed by atoms with Gasteiger partial charge < -0.3 is 24.2 Å². The minimum Gasteiger partial charge on any atom is -0.506 e. The zero-order valence-electron chi connectivity index (χ0n) is 15.6. The Balaban J connectivity index is 1.57. The summed E-state index contributed by atoms with van der Waals surface area (Å²) in [4.78, 5) is 6.59. The highest BCUT2D eigenvalue weighted by molar-refractivity contribution is 5.95. The summed E-state index contributed by atoms with van der Waals surface area (Å²) in [6.07, 6.45) is 3.61. The van der Waals surface area contributed by atoms with E-state index in [9.17, 15) is 5.11 Å². The lowest BCUT2D eigenvalue weighted by Crippen LogP contribution is -2.26. The maximum atomic E-state index is 9.57. The number of para-hydroxylation sites is 1. The smallest absolute Gasteiger partial charge is 0.169 e. The number of nitrogens with zero attached hydrogens (tertiary/aromatic N) is 2. The van der Waals surface area contributed by atoms with Gasteiger partial charge in [0.15, 0.2) is 11.5 Å². The van der Waals surface area contributed by atoms with E-state index in [1.807, 2.05) is 24.3 Å². The number of rotatable bonds is 2. The SMILES string of the molecule is Oc1ccc(CN2C3=Cc4c5c(cc(c4-c4ccccc42)OC3)OCCO5)nc1. The van der Waals surface area contributed by atoms with Crippen molar-refractivity contribution in [3.8, 4) is 34.1 Å². The standard InChI is InChI=1S/C23H18N2O4/c26-16-6-5-14(24-11-16)12-25-15-9-18-22(17-3-1-2-4-19(17)25)20(29-13-15)10-21-23(18)28-8-7-27-21/h1-6,9-11,26H,7-8,12-13H2. The average Bonchev–Trinajstić information content (AvgIpc) is 2.97. The number of aromatic hydroxyl groups is 1. The monoisotopic (exact) mass is 386 g/mol. The Morgan fingerprint density at radius 1 is 1.00 bits per heavy atom. The maximum absolute atomic E-state index is 9.57. The molecule has 0 radical (unpaired) electrons. The van der Waals surface area contributed by atoms with Gasteiger partial charge in [0.2, 0.25) is 0 Å². The van der Waals surface area contributed by atoms with Crippen molar-refractivity contribution in [2.45, 2.75) is 6.54 Å². The zero-order valence-corrected chi connectivity index (χ0v) is 15.6. The molecule has 3 aliphatic heterocycles. The molecule has 0 saturated carbocycles. The van der Waals surface area contributed by atoms with E-state index in [0.29, 0.717) is 26.4 Å². The van der Waals surface area contributed by atoms with Gasteiger partial charge in [0.1, 0.15) is 31.3 Å². The Morgan fingerprint density at radius 2 is 1.90 bits per heavy atom. The third-order valence-corrected chi connectivity index (χ3v) is 5.46. The van der Waals surface area contributed by atoms with E-state index in [0.717, 1.165) is 51.0 Å². The van der Waals surface area contributed by atoms with Crippen LogP contribution in [0.5, 0.6) is 23.0 Å². The van der Waals surface area contributed by atoms with Gasteiger partial charge in [-0.05, 0) is 24.3 Å². The summed E-state index contributed by atoms with van der Waals surface area (Å²) < 4.78 is 18.0. The number of pyridine rings is 1. The highest BCUT2D eigenvalue weighted by Crippen LogP contribution is 2.52. The Kier molecular flexibility index (Phi) is 3.47. The maximum Gasteiger partial charge on any atom is 0.169 e. The third-order valence-electron chi connectivity index (χ3n) is 5.46. The molecule has 0 unspecified atom stereocenters. The lowest BCUT2D eigenvalue weighted by atomic mass is 9.96. The number of fused-ring (bicyclic) bond motifs is 2. The predicted octanol–water partition coefficient (Wildman–Crippen LogP) is 3.98. The van der Waals surface area contributed by atoms with Gasteiger partial charge in [-0.3, -0.25) is 4.98 Å². The summed E-state index contributed by atoms with van der Waals surface area (Å²) in [6, 6.07) is 13.7. The van der Waals surface area contributed by atoms with Crippen LogP contribution in [0.1, 0.15) is 11.3 Å². The Hall–Kier alpha value is -3.67. The van der Waals surface area contributed by atoms with Crippen LogP contribution in [0.4, 0.5) is 5.69 Å². The fourth-order valence-electron chi connectivity index (χ4n) is 4.17. The summed E-state index contributed by atoms with van der Waals surface area (Å²) >= 11 is 0. The minimum absolute atomic E-state index is 0.158. The van der Waals surface area contributed by atoms with Gasteiger partial charge in [-0.2, -0.15) is 0 Å². The second kappa shape index (κ2) is 6.17. The van der Waals surface area contributed by atoms with Crippen molar-refractivity contribution < 1.29 is 19.3 Å². The summed E-state index contributed by atoms with van der Waals surface area (Å²) in [6.45, 7) is 2.07. The molecule has 1 aromatic heterocycles. The molecule has 4 heterocycles. The second-order valence-corrected chi connectivity index (χ2v) is 7.22. The normalized spacial score (nSPS) is 15.7. The van der Waals surface area contributed by atoms with Gasteiger partial charge in [0.05, 0.1) is 24.1 Å². The molecule has 0 saturated heterocycles. The Bertz CT molecular complexity index is 1150. The molecule has 0 spiro atoms. The van der Waals surface area contributed by atoms with Gasteiger partial charge in [0.25, 0.3) is 0 Å². The highest BCUT2D eigenvalue weighted by Gasteiger charge is 2.32. The van der Waals surface area contributed by atoms with Crippen molar-refractivity contribution >= 4 is 11.8 Å². The average molecular weight is 386 g/mol. The van der Waals surface area contributed by atoms with Gasteiger partial charge in [-0.15, -0.1) is 0 Å². The van der Waals surface area contributed by atoms with Crippen LogP contribution in [-0.2, 0) is 6.54 Å². The molecule has 0 atom stereocenters. The van der Waals surface area contributed by atoms with Crippen LogP contribution in [-0.4, -0.2) is 29.9 Å². The molecule has 0 amide bonds. The first-order chi connectivity index (χ1) is 14.3. The lowest BCUT2D eigenvalue weighted by Gasteiger charge is -2.30. The third kappa shape index (κ3) is 2.52. The largest absolute Gasteiger partial charge is 0.506 e. The highest BCUT2D eigenvalue weighted by atomic mass is 16.6. The van der Waals surface area contributed by atoms with Crippen LogP contribution < -0.4 is 19.1 Å². The first-order valence-corrected chi connectivity index (χ1v) is 9.59. The fourth-order valence-corrected chi connectivity index (χ4v) is 4.17. The molecule has 0 fully saturated rings. The summed E-state index contributed by atoms with van der Waals surface area (Å²) in [5.74, 6) is 2.47. The van der Waals surface area contributed by atoms with Crippen molar-refractivity contribution in [3.05, 3.63) is 65.6 Å². The van der Waals surface area contributed by atoms with Gasteiger partial charge in [0, 0.05) is 28.4 Å². The van der Waals surface area contributed by atoms with Crippen LogP contribution >= 0.6 is 0 Å². The summed E-state index contributed by atoms with van der Waals surface area (Å²) in [5, 5.41) is 9.57. The van der Waals surface area contributed by atoms with Crippen molar-refractivity contribution in [3.63, 3.8) is 0 Å². The van der Waals surface area contributed by atoms with E-state index in [2.05, 4.69) is 28.1 Å². The fraction of sp³-hybridized carbons (Fsp3) is 0.174. The number of benzene rings is 2. The number of anilines is 1. The first kappa shape index (κ1) is 16.3. The number of hydrogen-bond donors (Lipinski definition) is 1. The molecule has 4 bridgehead atoms. The van der Waals surface area contributed by atoms with Crippen LogP contribution in [0.15, 0.2) is 54.4 Å². The number of hydrogen-bond acceptors (Lipinski definition) is 6. The van der Waals surface area contributed by atoms with E-state index < -0.39 is 0 Å². The Morgan fingerprint density at radius 3 is 2.79 bits per heavy atom. The molecular weight excluding hydrogens is 368 g/mol. The Labute approximate surface area is 167 Å². The van der Waals surface area contributed by atoms with Crippen LogP contribution in [0.25, 0.3) is 17.2 Å². The zero-order chi connectivity index (χ0) is 19.4. The predicted molar refractivity (Wildman–Crippen MR) is 108 cm³/mol. The number of aromatic nitrogens is 1.